The minimum atomic E-state index is -0.636. The van der Waals surface area contributed by atoms with Crippen molar-refractivity contribution >= 4 is 0 Å². The Balaban J connectivity index is 2.57. The number of aliphatic hydroxyl groups excluding tert-OH is 1. The van der Waals surface area contributed by atoms with E-state index < -0.39 is 5.60 Å². The Morgan fingerprint density at radius 2 is 2.00 bits per heavy atom. The molecule has 0 saturated heterocycles. The van der Waals surface area contributed by atoms with E-state index in [1.54, 1.807) is 0 Å². The second-order valence-corrected chi connectivity index (χ2v) is 5.79. The quantitative estimate of drug-likeness (QED) is 0.802. The summed E-state index contributed by atoms with van der Waals surface area (Å²) >= 11 is 0. The van der Waals surface area contributed by atoms with Crippen LogP contribution in [0.5, 0.6) is 0 Å². The average molecular weight is 239 g/mol. The molecule has 0 aromatic carbocycles. The molecule has 0 radical (unpaired) electrons. The van der Waals surface area contributed by atoms with Crippen LogP contribution in [0.1, 0.15) is 52.9 Å². The number of rotatable bonds is 5. The van der Waals surface area contributed by atoms with E-state index in [0.29, 0.717) is 11.3 Å². The van der Waals surface area contributed by atoms with Crippen LogP contribution in [0.4, 0.5) is 0 Å². The van der Waals surface area contributed by atoms with Crippen LogP contribution in [0.3, 0.4) is 0 Å². The minimum absolute atomic E-state index is 0.00664. The van der Waals surface area contributed by atoms with Crippen molar-refractivity contribution in [3.8, 4) is 6.07 Å². The molecule has 1 N–H and O–H groups in total. The maximum absolute atomic E-state index is 9.26. The maximum atomic E-state index is 9.26. The number of nitrogens with zero attached hydrogens (tertiary/aromatic N) is 1. The SMILES string of the molecule is CCC(C)(C)C1CCC(C#N)(OCCO)CC1. The predicted octanol–water partition coefficient (Wildman–Crippen LogP) is 2.88. The van der Waals surface area contributed by atoms with Crippen molar-refractivity contribution in [1.29, 1.82) is 5.26 Å². The summed E-state index contributed by atoms with van der Waals surface area (Å²) in [7, 11) is 0. The fraction of sp³-hybridized carbons (Fsp3) is 0.929. The highest BCUT2D eigenvalue weighted by Gasteiger charge is 2.40. The molecule has 0 atom stereocenters. The van der Waals surface area contributed by atoms with Gasteiger partial charge in [-0.05, 0) is 37.0 Å². The first-order valence-electron chi connectivity index (χ1n) is 6.66. The minimum Gasteiger partial charge on any atom is -0.394 e. The van der Waals surface area contributed by atoms with Crippen LogP contribution in [0, 0.1) is 22.7 Å². The summed E-state index contributed by atoms with van der Waals surface area (Å²) in [5.41, 5.74) is -0.276. The molecule has 1 aliphatic rings. The first-order valence-corrected chi connectivity index (χ1v) is 6.66. The zero-order valence-electron chi connectivity index (χ0n) is 11.3. The van der Waals surface area contributed by atoms with Crippen molar-refractivity contribution in [3.05, 3.63) is 0 Å². The molecular formula is C14H25NO2. The van der Waals surface area contributed by atoms with Gasteiger partial charge >= 0.3 is 0 Å². The summed E-state index contributed by atoms with van der Waals surface area (Å²) in [6.45, 7) is 7.12. The highest BCUT2D eigenvalue weighted by Crippen LogP contribution is 2.44. The topological polar surface area (TPSA) is 53.2 Å². The number of hydrogen-bond acceptors (Lipinski definition) is 3. The summed E-state index contributed by atoms with van der Waals surface area (Å²) in [6, 6.07) is 2.31. The van der Waals surface area contributed by atoms with Gasteiger partial charge in [0.05, 0.1) is 19.3 Å². The smallest absolute Gasteiger partial charge is 0.154 e. The van der Waals surface area contributed by atoms with Gasteiger partial charge in [-0.3, -0.25) is 0 Å². The zero-order chi connectivity index (χ0) is 12.9. The van der Waals surface area contributed by atoms with Gasteiger partial charge in [0.25, 0.3) is 0 Å². The van der Waals surface area contributed by atoms with Crippen LogP contribution in [-0.2, 0) is 4.74 Å². The number of hydrogen-bond donors (Lipinski definition) is 1. The lowest BCUT2D eigenvalue weighted by atomic mass is 9.66. The second kappa shape index (κ2) is 5.84. The number of nitriles is 1. The van der Waals surface area contributed by atoms with E-state index in [1.807, 2.05) is 0 Å². The largest absolute Gasteiger partial charge is 0.394 e. The molecule has 17 heavy (non-hydrogen) atoms. The van der Waals surface area contributed by atoms with E-state index >= 15 is 0 Å². The van der Waals surface area contributed by atoms with E-state index in [0.717, 1.165) is 25.7 Å². The fourth-order valence-corrected chi connectivity index (χ4v) is 2.68. The van der Waals surface area contributed by atoms with Gasteiger partial charge in [0, 0.05) is 0 Å². The molecule has 98 valence electrons. The Morgan fingerprint density at radius 3 is 2.41 bits per heavy atom. The van der Waals surface area contributed by atoms with Crippen LogP contribution in [0.15, 0.2) is 0 Å². The standard InChI is InChI=1S/C14H25NO2/c1-4-13(2,3)12-5-7-14(11-15,8-6-12)17-10-9-16/h12,16H,4-10H2,1-3H3. The highest BCUT2D eigenvalue weighted by atomic mass is 16.5. The van der Waals surface area contributed by atoms with Gasteiger partial charge < -0.3 is 9.84 Å². The maximum Gasteiger partial charge on any atom is 0.154 e. The Morgan fingerprint density at radius 1 is 1.41 bits per heavy atom. The van der Waals surface area contributed by atoms with Crippen LogP contribution >= 0.6 is 0 Å². The Bertz CT molecular complexity index is 272. The molecule has 0 bridgehead atoms. The van der Waals surface area contributed by atoms with Crippen molar-refractivity contribution in [2.24, 2.45) is 11.3 Å². The first kappa shape index (κ1) is 14.5. The number of ether oxygens (including phenoxy) is 1. The Kier molecular flexibility index (Phi) is 4.97. The summed E-state index contributed by atoms with van der Waals surface area (Å²) in [6.07, 6.45) is 4.89. The third-order valence-electron chi connectivity index (χ3n) is 4.48. The normalized spacial score (nSPS) is 29.9. The molecule has 0 aromatic heterocycles. The summed E-state index contributed by atoms with van der Waals surface area (Å²) in [4.78, 5) is 0. The van der Waals surface area contributed by atoms with Crippen LogP contribution in [-0.4, -0.2) is 23.9 Å². The second-order valence-electron chi connectivity index (χ2n) is 5.79. The molecule has 0 spiro atoms. The van der Waals surface area contributed by atoms with E-state index in [1.165, 1.54) is 6.42 Å². The summed E-state index contributed by atoms with van der Waals surface area (Å²) in [5, 5.41) is 18.0. The van der Waals surface area contributed by atoms with Gasteiger partial charge in [0.1, 0.15) is 0 Å². The van der Waals surface area contributed by atoms with E-state index in [9.17, 15) is 5.26 Å². The lowest BCUT2D eigenvalue weighted by Gasteiger charge is -2.41. The molecule has 1 rings (SSSR count). The van der Waals surface area contributed by atoms with Gasteiger partial charge in [-0.25, -0.2) is 0 Å². The third kappa shape index (κ3) is 3.43. The van der Waals surface area contributed by atoms with Gasteiger partial charge in [0.2, 0.25) is 0 Å². The van der Waals surface area contributed by atoms with Crippen molar-refractivity contribution in [1.82, 2.24) is 0 Å². The summed E-state index contributed by atoms with van der Waals surface area (Å²) in [5.74, 6) is 0.687. The van der Waals surface area contributed by atoms with Gasteiger partial charge in [0.15, 0.2) is 5.60 Å². The average Bonchev–Trinajstić information content (AvgIpc) is 2.37. The fourth-order valence-electron chi connectivity index (χ4n) is 2.68. The van der Waals surface area contributed by atoms with Crippen molar-refractivity contribution in [2.75, 3.05) is 13.2 Å². The molecular weight excluding hydrogens is 214 g/mol. The lowest BCUT2D eigenvalue weighted by Crippen LogP contribution is -2.39. The van der Waals surface area contributed by atoms with Gasteiger partial charge in [-0.1, -0.05) is 27.2 Å². The molecule has 1 saturated carbocycles. The predicted molar refractivity (Wildman–Crippen MR) is 67.4 cm³/mol. The van der Waals surface area contributed by atoms with Crippen LogP contribution < -0.4 is 0 Å². The Hall–Kier alpha value is -0.590. The molecule has 0 amide bonds. The van der Waals surface area contributed by atoms with Crippen molar-refractivity contribution in [3.63, 3.8) is 0 Å². The van der Waals surface area contributed by atoms with Gasteiger partial charge in [-0.15, -0.1) is 0 Å². The molecule has 0 aliphatic heterocycles. The van der Waals surface area contributed by atoms with E-state index in [4.69, 9.17) is 9.84 Å². The Labute approximate surface area is 105 Å². The molecule has 0 aromatic rings. The third-order valence-corrected chi connectivity index (χ3v) is 4.48. The van der Waals surface area contributed by atoms with E-state index in [-0.39, 0.29) is 13.2 Å². The zero-order valence-corrected chi connectivity index (χ0v) is 11.3. The van der Waals surface area contributed by atoms with Gasteiger partial charge in [-0.2, -0.15) is 5.26 Å². The van der Waals surface area contributed by atoms with Crippen LogP contribution in [0.25, 0.3) is 0 Å². The molecule has 3 nitrogen and oxygen atoms in total. The van der Waals surface area contributed by atoms with Crippen molar-refractivity contribution < 1.29 is 9.84 Å². The number of aliphatic hydroxyl groups is 1. The molecule has 0 unspecified atom stereocenters. The summed E-state index contributed by atoms with van der Waals surface area (Å²) < 4.78 is 5.55. The molecule has 3 heteroatoms. The monoisotopic (exact) mass is 239 g/mol. The highest BCUT2D eigenvalue weighted by molar-refractivity contribution is 5.05. The lowest BCUT2D eigenvalue weighted by molar-refractivity contribution is -0.0593. The molecule has 0 heterocycles. The van der Waals surface area contributed by atoms with Crippen LogP contribution in [0.2, 0.25) is 0 Å². The molecule has 1 aliphatic carbocycles. The molecule has 1 fully saturated rings. The first-order chi connectivity index (χ1) is 7.99. The van der Waals surface area contributed by atoms with E-state index in [2.05, 4.69) is 26.8 Å². The van der Waals surface area contributed by atoms with Crippen molar-refractivity contribution in [2.45, 2.75) is 58.5 Å².